The lowest BCUT2D eigenvalue weighted by Gasteiger charge is -2.39. The number of carbonyl (C=O) groups excluding carboxylic acids is 1. The van der Waals surface area contributed by atoms with E-state index in [1.165, 1.54) is 12.8 Å². The Morgan fingerprint density at radius 2 is 1.95 bits per heavy atom. The van der Waals surface area contributed by atoms with Gasteiger partial charge in [0.15, 0.2) is 0 Å². The van der Waals surface area contributed by atoms with Crippen molar-refractivity contribution in [1.82, 2.24) is 10.2 Å². The number of esters is 1. The zero-order valence-electron chi connectivity index (χ0n) is 14.2. The van der Waals surface area contributed by atoms with Gasteiger partial charge in [0.1, 0.15) is 5.54 Å². The first kappa shape index (κ1) is 16.8. The number of nitrogens with zero attached hydrogens (tertiary/aromatic N) is 1. The third kappa shape index (κ3) is 4.19. The molecule has 2 aliphatic rings. The van der Waals surface area contributed by atoms with E-state index in [9.17, 15) is 4.79 Å². The first-order chi connectivity index (χ1) is 10.0. The fourth-order valence-corrected chi connectivity index (χ4v) is 3.37. The molecule has 0 heterocycles. The van der Waals surface area contributed by atoms with Crippen LogP contribution in [0.4, 0.5) is 0 Å². The topological polar surface area (TPSA) is 41.6 Å². The van der Waals surface area contributed by atoms with Crippen molar-refractivity contribution >= 4 is 5.97 Å². The number of hydrogen-bond donors (Lipinski definition) is 1. The maximum atomic E-state index is 12.8. The van der Waals surface area contributed by atoms with Crippen LogP contribution in [0.5, 0.6) is 0 Å². The third-order valence-electron chi connectivity index (χ3n) is 4.49. The first-order valence-corrected chi connectivity index (χ1v) is 8.72. The normalized spacial score (nSPS) is 21.6. The molecule has 0 aromatic rings. The van der Waals surface area contributed by atoms with Crippen molar-refractivity contribution in [2.24, 2.45) is 5.92 Å². The molecule has 1 atom stereocenters. The Hall–Kier alpha value is -0.610. The first-order valence-electron chi connectivity index (χ1n) is 8.72. The molecule has 0 amide bonds. The van der Waals surface area contributed by atoms with E-state index in [1.807, 2.05) is 6.92 Å². The van der Waals surface area contributed by atoms with Crippen molar-refractivity contribution in [1.29, 1.82) is 0 Å². The van der Waals surface area contributed by atoms with Gasteiger partial charge in [-0.2, -0.15) is 0 Å². The van der Waals surface area contributed by atoms with Gasteiger partial charge in [0.05, 0.1) is 6.61 Å². The van der Waals surface area contributed by atoms with E-state index in [1.54, 1.807) is 0 Å². The molecule has 0 aromatic heterocycles. The Bertz CT molecular complexity index is 351. The van der Waals surface area contributed by atoms with Crippen molar-refractivity contribution in [3.8, 4) is 0 Å². The van der Waals surface area contributed by atoms with Crippen LogP contribution in [-0.2, 0) is 9.53 Å². The van der Waals surface area contributed by atoms with E-state index in [-0.39, 0.29) is 12.0 Å². The van der Waals surface area contributed by atoms with Gasteiger partial charge in [-0.15, -0.1) is 0 Å². The summed E-state index contributed by atoms with van der Waals surface area (Å²) in [6, 6.07) is 0.976. The molecule has 122 valence electrons. The van der Waals surface area contributed by atoms with Crippen molar-refractivity contribution in [2.75, 3.05) is 19.7 Å². The van der Waals surface area contributed by atoms with Gasteiger partial charge in [-0.05, 0) is 65.3 Å². The van der Waals surface area contributed by atoms with E-state index < -0.39 is 5.54 Å². The van der Waals surface area contributed by atoms with E-state index in [0.717, 1.165) is 32.4 Å². The maximum Gasteiger partial charge on any atom is 0.327 e. The molecule has 0 saturated heterocycles. The number of carbonyl (C=O) groups is 1. The monoisotopic (exact) mass is 296 g/mol. The van der Waals surface area contributed by atoms with Crippen molar-refractivity contribution in [3.05, 3.63) is 0 Å². The molecule has 0 radical (unpaired) electrons. The standard InChI is InChI=1S/C17H32N2O2/c1-5-11-19(15-9-10-15)12-17(14-7-8-14,18-13(3)4)16(20)21-6-2/h13-15,18H,5-12H2,1-4H3. The van der Waals surface area contributed by atoms with E-state index in [4.69, 9.17) is 4.74 Å². The molecular weight excluding hydrogens is 264 g/mol. The summed E-state index contributed by atoms with van der Waals surface area (Å²) < 4.78 is 5.46. The molecule has 0 spiro atoms. The summed E-state index contributed by atoms with van der Waals surface area (Å²) in [6.07, 6.45) is 5.99. The van der Waals surface area contributed by atoms with Crippen LogP contribution in [0, 0.1) is 5.92 Å². The molecule has 1 N–H and O–H groups in total. The van der Waals surface area contributed by atoms with Gasteiger partial charge in [-0.1, -0.05) is 6.92 Å². The highest BCUT2D eigenvalue weighted by Crippen LogP contribution is 2.42. The minimum absolute atomic E-state index is 0.0389. The summed E-state index contributed by atoms with van der Waals surface area (Å²) in [7, 11) is 0. The van der Waals surface area contributed by atoms with Crippen LogP contribution in [-0.4, -0.2) is 48.2 Å². The molecule has 2 saturated carbocycles. The molecule has 2 aliphatic carbocycles. The van der Waals surface area contributed by atoms with Crippen LogP contribution in [0.1, 0.15) is 59.8 Å². The summed E-state index contributed by atoms with van der Waals surface area (Å²) in [5, 5.41) is 3.60. The van der Waals surface area contributed by atoms with Crippen LogP contribution in [0.25, 0.3) is 0 Å². The molecule has 21 heavy (non-hydrogen) atoms. The number of hydrogen-bond acceptors (Lipinski definition) is 4. The van der Waals surface area contributed by atoms with E-state index in [2.05, 4.69) is 31.0 Å². The number of nitrogens with one attached hydrogen (secondary N) is 1. The van der Waals surface area contributed by atoms with Crippen molar-refractivity contribution in [2.45, 2.75) is 77.4 Å². The average molecular weight is 296 g/mol. The van der Waals surface area contributed by atoms with Crippen LogP contribution in [0.3, 0.4) is 0 Å². The lowest BCUT2D eigenvalue weighted by molar-refractivity contribution is -0.154. The van der Waals surface area contributed by atoms with Gasteiger partial charge in [-0.3, -0.25) is 10.2 Å². The molecule has 0 bridgehead atoms. The summed E-state index contributed by atoms with van der Waals surface area (Å²) in [6.45, 7) is 10.7. The van der Waals surface area contributed by atoms with Gasteiger partial charge < -0.3 is 4.74 Å². The Kier molecular flexibility index (Phi) is 5.67. The van der Waals surface area contributed by atoms with Crippen LogP contribution >= 0.6 is 0 Å². The summed E-state index contributed by atoms with van der Waals surface area (Å²) >= 11 is 0. The van der Waals surface area contributed by atoms with Gasteiger partial charge in [0.2, 0.25) is 0 Å². The molecular formula is C17H32N2O2. The second kappa shape index (κ2) is 7.10. The zero-order valence-corrected chi connectivity index (χ0v) is 14.2. The third-order valence-corrected chi connectivity index (χ3v) is 4.49. The molecule has 0 aromatic carbocycles. The quantitative estimate of drug-likeness (QED) is 0.629. The molecule has 1 unspecified atom stereocenters. The SMILES string of the molecule is CCCN(CC(NC(C)C)(C(=O)OCC)C1CC1)C1CC1. The van der Waals surface area contributed by atoms with Crippen molar-refractivity contribution in [3.63, 3.8) is 0 Å². The second-order valence-electron chi connectivity index (χ2n) is 6.97. The largest absolute Gasteiger partial charge is 0.465 e. The average Bonchev–Trinajstić information content (AvgIpc) is 3.29. The Balaban J connectivity index is 2.17. The Morgan fingerprint density at radius 3 is 2.38 bits per heavy atom. The van der Waals surface area contributed by atoms with Gasteiger partial charge in [-0.25, -0.2) is 4.79 Å². The minimum Gasteiger partial charge on any atom is -0.465 e. The van der Waals surface area contributed by atoms with E-state index >= 15 is 0 Å². The highest BCUT2D eigenvalue weighted by molar-refractivity contribution is 5.82. The fraction of sp³-hybridized carbons (Fsp3) is 0.941. The van der Waals surface area contributed by atoms with E-state index in [0.29, 0.717) is 18.6 Å². The van der Waals surface area contributed by atoms with Gasteiger partial charge >= 0.3 is 5.97 Å². The van der Waals surface area contributed by atoms with Gasteiger partial charge in [0.25, 0.3) is 0 Å². The predicted octanol–water partition coefficient (Wildman–Crippen LogP) is 2.57. The molecule has 4 heteroatoms. The van der Waals surface area contributed by atoms with Crippen LogP contribution < -0.4 is 5.32 Å². The Labute approximate surface area is 129 Å². The highest BCUT2D eigenvalue weighted by atomic mass is 16.5. The van der Waals surface area contributed by atoms with Crippen LogP contribution in [0.15, 0.2) is 0 Å². The fourth-order valence-electron chi connectivity index (χ4n) is 3.37. The zero-order chi connectivity index (χ0) is 15.5. The summed E-state index contributed by atoms with van der Waals surface area (Å²) in [4.78, 5) is 15.3. The molecule has 2 fully saturated rings. The Morgan fingerprint density at radius 1 is 1.29 bits per heavy atom. The maximum absolute atomic E-state index is 12.8. The second-order valence-corrected chi connectivity index (χ2v) is 6.97. The smallest absolute Gasteiger partial charge is 0.327 e. The molecule has 0 aliphatic heterocycles. The lowest BCUT2D eigenvalue weighted by Crippen LogP contribution is -2.63. The summed E-state index contributed by atoms with van der Waals surface area (Å²) in [5.41, 5.74) is -0.498. The highest BCUT2D eigenvalue weighted by Gasteiger charge is 2.54. The number of ether oxygens (including phenoxy) is 1. The van der Waals surface area contributed by atoms with Crippen LogP contribution in [0.2, 0.25) is 0 Å². The van der Waals surface area contributed by atoms with Gasteiger partial charge in [0, 0.05) is 18.6 Å². The van der Waals surface area contributed by atoms with Crippen molar-refractivity contribution < 1.29 is 9.53 Å². The molecule has 2 rings (SSSR count). The minimum atomic E-state index is -0.498. The number of rotatable bonds is 10. The molecule has 4 nitrogen and oxygen atoms in total. The summed E-state index contributed by atoms with van der Waals surface area (Å²) in [5.74, 6) is 0.403. The lowest BCUT2D eigenvalue weighted by atomic mass is 9.90. The predicted molar refractivity (Wildman–Crippen MR) is 85.2 cm³/mol.